The summed E-state index contributed by atoms with van der Waals surface area (Å²) >= 11 is 0. The Morgan fingerprint density at radius 1 is 0.971 bits per heavy atom. The lowest BCUT2D eigenvalue weighted by molar-refractivity contribution is 0.0926. The van der Waals surface area contributed by atoms with Gasteiger partial charge in [-0.1, -0.05) is 19.3 Å². The number of carbonyl (C=O) groups excluding carboxylic acids is 3. The molecule has 3 rings (SSSR count). The van der Waals surface area contributed by atoms with Gasteiger partial charge in [-0.3, -0.25) is 9.59 Å². The van der Waals surface area contributed by atoms with Gasteiger partial charge in [-0.15, -0.1) is 0 Å². The fourth-order valence-electron chi connectivity index (χ4n) is 3.41. The minimum atomic E-state index is -4.19. The minimum absolute atomic E-state index is 0.00333. The first-order valence-corrected chi connectivity index (χ1v) is 12.3. The number of benzene rings is 1. The molecule has 34 heavy (non-hydrogen) atoms. The molecule has 1 saturated carbocycles. The van der Waals surface area contributed by atoms with Gasteiger partial charge in [0.15, 0.2) is 0 Å². The number of aliphatic hydroxyl groups excluding tert-OH is 1. The zero-order chi connectivity index (χ0) is 24.6. The lowest BCUT2D eigenvalue weighted by atomic mass is 9.95. The summed E-state index contributed by atoms with van der Waals surface area (Å²) in [6.45, 7) is -0.254. The molecule has 0 spiro atoms. The number of sulfonamides is 1. The van der Waals surface area contributed by atoms with Gasteiger partial charge in [-0.2, -0.15) is 0 Å². The summed E-state index contributed by atoms with van der Waals surface area (Å²) in [4.78, 5) is 39.8. The van der Waals surface area contributed by atoms with E-state index in [1.807, 2.05) is 4.72 Å². The second kappa shape index (κ2) is 11.6. The summed E-state index contributed by atoms with van der Waals surface area (Å²) in [5.41, 5.74) is 0.258. The zero-order valence-electron chi connectivity index (χ0n) is 18.3. The molecule has 1 heterocycles. The van der Waals surface area contributed by atoms with Gasteiger partial charge in [0, 0.05) is 30.4 Å². The maximum absolute atomic E-state index is 12.6. The molecule has 0 radical (unpaired) electrons. The van der Waals surface area contributed by atoms with E-state index in [1.54, 1.807) is 0 Å². The second-order valence-corrected chi connectivity index (χ2v) is 9.37. The number of rotatable bonds is 8. The highest BCUT2D eigenvalue weighted by molar-refractivity contribution is 7.90. The van der Waals surface area contributed by atoms with Gasteiger partial charge in [0.25, 0.3) is 21.8 Å². The summed E-state index contributed by atoms with van der Waals surface area (Å²) in [5, 5.41) is 13.9. The summed E-state index contributed by atoms with van der Waals surface area (Å²) in [6, 6.07) is 7.89. The summed E-state index contributed by atoms with van der Waals surface area (Å²) in [5.74, 6) is -1.31. The van der Waals surface area contributed by atoms with E-state index in [0.717, 1.165) is 31.9 Å². The average Bonchev–Trinajstić information content (AvgIpc) is 2.83. The number of nitrogens with one attached hydrogen (secondary N) is 3. The van der Waals surface area contributed by atoms with Crippen molar-refractivity contribution in [1.29, 1.82) is 0 Å². The molecule has 3 amide bonds. The molecule has 4 N–H and O–H groups in total. The number of carbonyl (C=O) groups is 3. The van der Waals surface area contributed by atoms with Crippen molar-refractivity contribution in [3.8, 4) is 5.88 Å². The highest BCUT2D eigenvalue weighted by Crippen LogP contribution is 2.18. The molecule has 2 aromatic rings. The number of aliphatic hydroxyl groups is 1. The summed E-state index contributed by atoms with van der Waals surface area (Å²) in [6.07, 6.45) is 5.41. The smallest absolute Gasteiger partial charge is 0.395 e. The predicted molar refractivity (Wildman–Crippen MR) is 121 cm³/mol. The average molecular weight is 491 g/mol. The van der Waals surface area contributed by atoms with Gasteiger partial charge in [-0.25, -0.2) is 22.9 Å². The van der Waals surface area contributed by atoms with Crippen molar-refractivity contribution in [1.82, 2.24) is 20.3 Å². The second-order valence-electron chi connectivity index (χ2n) is 7.69. The van der Waals surface area contributed by atoms with E-state index >= 15 is 0 Å². The van der Waals surface area contributed by atoms with Crippen molar-refractivity contribution in [2.75, 3.05) is 13.2 Å². The Balaban J connectivity index is 1.58. The number of aromatic nitrogens is 1. The van der Waals surface area contributed by atoms with E-state index in [0.29, 0.717) is 5.56 Å². The minimum Gasteiger partial charge on any atom is -0.395 e. The van der Waals surface area contributed by atoms with Gasteiger partial charge in [-0.05, 0) is 43.2 Å². The molecule has 1 aromatic carbocycles. The molecule has 0 unspecified atom stereocenters. The van der Waals surface area contributed by atoms with Crippen molar-refractivity contribution < 1.29 is 32.6 Å². The van der Waals surface area contributed by atoms with Crippen molar-refractivity contribution in [3.05, 3.63) is 53.7 Å². The van der Waals surface area contributed by atoms with Crippen LogP contribution >= 0.6 is 0 Å². The Hall–Kier alpha value is -3.51. The molecule has 0 saturated heterocycles. The first-order chi connectivity index (χ1) is 16.3. The van der Waals surface area contributed by atoms with Crippen LogP contribution in [0, 0.1) is 0 Å². The molecule has 1 fully saturated rings. The van der Waals surface area contributed by atoms with E-state index in [4.69, 9.17) is 9.84 Å². The van der Waals surface area contributed by atoms with Gasteiger partial charge in [0.05, 0.1) is 17.1 Å². The number of pyridine rings is 1. The Bertz CT molecular complexity index is 1110. The first kappa shape index (κ1) is 25.1. The number of ether oxygens (including phenoxy) is 1. The molecule has 182 valence electrons. The molecule has 1 aliphatic carbocycles. The van der Waals surface area contributed by atoms with Crippen LogP contribution in [0.1, 0.15) is 52.8 Å². The third-order valence-corrected chi connectivity index (χ3v) is 6.52. The molecule has 0 bridgehead atoms. The lowest BCUT2D eigenvalue weighted by Gasteiger charge is -2.22. The van der Waals surface area contributed by atoms with E-state index in [-0.39, 0.29) is 41.4 Å². The molecule has 1 aliphatic rings. The predicted octanol–water partition coefficient (Wildman–Crippen LogP) is 1.34. The SMILES string of the molecule is O=C(NCCO)Oc1ccc(C(=O)NS(=O)(=O)c2ccc(C(=O)NC3CCCCC3)cc2)cn1. The highest BCUT2D eigenvalue weighted by atomic mass is 32.2. The Labute approximate surface area is 197 Å². The quantitative estimate of drug-likeness (QED) is 0.431. The van der Waals surface area contributed by atoms with Gasteiger partial charge in [0.2, 0.25) is 5.88 Å². The Kier molecular flexibility index (Phi) is 8.55. The molecule has 1 aromatic heterocycles. The van der Waals surface area contributed by atoms with Crippen LogP contribution < -0.4 is 20.1 Å². The van der Waals surface area contributed by atoms with Crippen LogP contribution in [0.2, 0.25) is 0 Å². The van der Waals surface area contributed by atoms with Crippen LogP contribution in [0.5, 0.6) is 5.88 Å². The third kappa shape index (κ3) is 6.99. The molecular weight excluding hydrogens is 464 g/mol. The molecule has 12 heteroatoms. The standard InChI is InChI=1S/C22H26N4O7S/c27-13-12-23-22(30)33-19-11-8-16(14-24-19)21(29)26-34(31,32)18-9-6-15(7-10-18)20(28)25-17-4-2-1-3-5-17/h6-11,14,17,27H,1-5,12-13H2,(H,23,30)(H,25,28)(H,26,29). The van der Waals surface area contributed by atoms with E-state index in [2.05, 4.69) is 15.6 Å². The fourth-order valence-corrected chi connectivity index (χ4v) is 4.38. The molecule has 11 nitrogen and oxygen atoms in total. The summed E-state index contributed by atoms with van der Waals surface area (Å²) in [7, 11) is -4.19. The zero-order valence-corrected chi connectivity index (χ0v) is 19.1. The molecule has 0 atom stereocenters. The third-order valence-electron chi connectivity index (χ3n) is 5.17. The van der Waals surface area contributed by atoms with Crippen molar-refractivity contribution >= 4 is 27.9 Å². The molecular formula is C22H26N4O7S. The normalized spacial score (nSPS) is 14.1. The van der Waals surface area contributed by atoms with E-state index < -0.39 is 22.0 Å². The largest absolute Gasteiger partial charge is 0.414 e. The molecule has 0 aliphatic heterocycles. The fraction of sp³-hybridized carbons (Fsp3) is 0.364. The highest BCUT2D eigenvalue weighted by Gasteiger charge is 2.21. The van der Waals surface area contributed by atoms with Gasteiger partial charge < -0.3 is 20.5 Å². The van der Waals surface area contributed by atoms with Crippen LogP contribution in [0.25, 0.3) is 0 Å². The van der Waals surface area contributed by atoms with Crippen LogP contribution in [0.4, 0.5) is 4.79 Å². The number of hydrogen-bond donors (Lipinski definition) is 4. The Morgan fingerprint density at radius 3 is 2.26 bits per heavy atom. The van der Waals surface area contributed by atoms with Crippen LogP contribution in [-0.2, 0) is 10.0 Å². The number of amides is 3. The van der Waals surface area contributed by atoms with Crippen molar-refractivity contribution in [2.45, 2.75) is 43.0 Å². The summed E-state index contributed by atoms with van der Waals surface area (Å²) < 4.78 is 31.9. The first-order valence-electron chi connectivity index (χ1n) is 10.8. The van der Waals surface area contributed by atoms with Crippen LogP contribution in [0.15, 0.2) is 47.5 Å². The van der Waals surface area contributed by atoms with E-state index in [9.17, 15) is 22.8 Å². The van der Waals surface area contributed by atoms with Gasteiger partial charge in [0.1, 0.15) is 0 Å². The maximum Gasteiger partial charge on any atom is 0.414 e. The lowest BCUT2D eigenvalue weighted by Crippen LogP contribution is -2.36. The van der Waals surface area contributed by atoms with Gasteiger partial charge >= 0.3 is 6.09 Å². The van der Waals surface area contributed by atoms with E-state index in [1.165, 1.54) is 42.8 Å². The van der Waals surface area contributed by atoms with Crippen molar-refractivity contribution in [3.63, 3.8) is 0 Å². The maximum atomic E-state index is 12.6. The van der Waals surface area contributed by atoms with Crippen LogP contribution in [0.3, 0.4) is 0 Å². The number of hydrogen-bond acceptors (Lipinski definition) is 8. The van der Waals surface area contributed by atoms with Crippen molar-refractivity contribution in [2.24, 2.45) is 0 Å². The number of nitrogens with zero attached hydrogens (tertiary/aromatic N) is 1. The monoisotopic (exact) mass is 490 g/mol. The van der Waals surface area contributed by atoms with Crippen LogP contribution in [-0.4, -0.2) is 55.6 Å². The Morgan fingerprint density at radius 2 is 1.65 bits per heavy atom. The topological polar surface area (TPSA) is 164 Å².